The Hall–Kier alpha value is -1.78. The third-order valence-corrected chi connectivity index (χ3v) is 1.22. The van der Waals surface area contributed by atoms with Gasteiger partial charge in [-0.1, -0.05) is 0 Å². The third kappa shape index (κ3) is 1.85. The molecule has 0 atom stereocenters. The highest BCUT2D eigenvalue weighted by atomic mass is 19.1. The summed E-state index contributed by atoms with van der Waals surface area (Å²) in [5, 5.41) is 11.1. The summed E-state index contributed by atoms with van der Waals surface area (Å²) in [6.07, 6.45) is 0. The lowest BCUT2D eigenvalue weighted by molar-refractivity contribution is 0.259. The van der Waals surface area contributed by atoms with Crippen LogP contribution in [0.2, 0.25) is 0 Å². The van der Waals surface area contributed by atoms with Crippen LogP contribution in [0.25, 0.3) is 0 Å². The van der Waals surface area contributed by atoms with Crippen LogP contribution in [0.5, 0.6) is 5.75 Å². The molecule has 0 spiro atoms. The van der Waals surface area contributed by atoms with Crippen LogP contribution in [-0.2, 0) is 0 Å². The highest BCUT2D eigenvalue weighted by Gasteiger charge is 2.03. The van der Waals surface area contributed by atoms with Crippen molar-refractivity contribution in [3.8, 4) is 5.75 Å². The van der Waals surface area contributed by atoms with Gasteiger partial charge in [0.2, 0.25) is 0 Å². The molecule has 64 valence electrons. The highest BCUT2D eigenvalue weighted by Crippen LogP contribution is 2.22. The van der Waals surface area contributed by atoms with E-state index in [-0.39, 0.29) is 11.4 Å². The molecule has 1 aromatic carbocycles. The van der Waals surface area contributed by atoms with Gasteiger partial charge in [-0.3, -0.25) is 0 Å². The summed E-state index contributed by atoms with van der Waals surface area (Å²) < 4.78 is 12.5. The normalized spacial score (nSPS) is 9.42. The lowest BCUT2D eigenvalue weighted by Gasteiger charge is -2.03. The molecular formula is C7H7FN2O2. The number of phenolic OH excluding ortho intramolecular Hbond substituents is 1. The summed E-state index contributed by atoms with van der Waals surface area (Å²) in [5.41, 5.74) is 4.72. The Bertz CT molecular complexity index is 314. The Labute approximate surface area is 67.8 Å². The van der Waals surface area contributed by atoms with Crippen LogP contribution in [0.1, 0.15) is 0 Å². The van der Waals surface area contributed by atoms with Crippen LogP contribution in [-0.4, -0.2) is 11.1 Å². The van der Waals surface area contributed by atoms with Gasteiger partial charge in [0.05, 0.1) is 5.69 Å². The van der Waals surface area contributed by atoms with Crippen molar-refractivity contribution >= 4 is 11.7 Å². The van der Waals surface area contributed by atoms with Crippen LogP contribution in [0.4, 0.5) is 14.9 Å². The van der Waals surface area contributed by atoms with Crippen LogP contribution in [0.15, 0.2) is 18.2 Å². The largest absolute Gasteiger partial charge is 0.506 e. The van der Waals surface area contributed by atoms with Gasteiger partial charge >= 0.3 is 6.03 Å². The Kier molecular flexibility index (Phi) is 2.14. The predicted molar refractivity (Wildman–Crippen MR) is 41.3 cm³/mol. The van der Waals surface area contributed by atoms with Crippen molar-refractivity contribution < 1.29 is 14.3 Å². The van der Waals surface area contributed by atoms with Crippen molar-refractivity contribution in [2.75, 3.05) is 5.32 Å². The van der Waals surface area contributed by atoms with Gasteiger partial charge in [-0.2, -0.15) is 0 Å². The lowest BCUT2D eigenvalue weighted by Crippen LogP contribution is -2.19. The summed E-state index contributed by atoms with van der Waals surface area (Å²) >= 11 is 0. The third-order valence-electron chi connectivity index (χ3n) is 1.22. The molecule has 0 saturated carbocycles. The Balaban J connectivity index is 2.97. The van der Waals surface area contributed by atoms with E-state index in [1.807, 2.05) is 0 Å². The van der Waals surface area contributed by atoms with Crippen molar-refractivity contribution in [1.29, 1.82) is 0 Å². The smallest absolute Gasteiger partial charge is 0.316 e. The summed E-state index contributed by atoms with van der Waals surface area (Å²) in [4.78, 5) is 10.3. The topological polar surface area (TPSA) is 75.4 Å². The maximum atomic E-state index is 12.5. The van der Waals surface area contributed by atoms with Crippen molar-refractivity contribution in [3.63, 3.8) is 0 Å². The van der Waals surface area contributed by atoms with Crippen molar-refractivity contribution in [1.82, 2.24) is 0 Å². The molecule has 0 aromatic heterocycles. The number of rotatable bonds is 1. The van der Waals surface area contributed by atoms with Gasteiger partial charge < -0.3 is 16.2 Å². The summed E-state index contributed by atoms with van der Waals surface area (Å²) in [6.45, 7) is 0. The SMILES string of the molecule is NC(=O)Nc1cc(F)ccc1O. The van der Waals surface area contributed by atoms with Gasteiger partial charge in [-0.25, -0.2) is 9.18 Å². The van der Waals surface area contributed by atoms with Crippen LogP contribution >= 0.6 is 0 Å². The summed E-state index contributed by atoms with van der Waals surface area (Å²) in [7, 11) is 0. The zero-order valence-electron chi connectivity index (χ0n) is 6.04. The first kappa shape index (κ1) is 8.32. The van der Waals surface area contributed by atoms with E-state index in [4.69, 9.17) is 10.8 Å². The van der Waals surface area contributed by atoms with Crippen molar-refractivity contribution in [3.05, 3.63) is 24.0 Å². The zero-order valence-corrected chi connectivity index (χ0v) is 6.04. The molecule has 0 aliphatic rings. The minimum absolute atomic E-state index is 0.0394. The molecule has 0 unspecified atom stereocenters. The molecule has 0 radical (unpaired) electrons. The molecule has 5 heteroatoms. The molecule has 4 nitrogen and oxygen atoms in total. The Morgan fingerprint density at radius 2 is 2.25 bits per heavy atom. The number of nitrogens with one attached hydrogen (secondary N) is 1. The number of primary amides is 1. The number of amides is 2. The van der Waals surface area contributed by atoms with Gasteiger partial charge in [0.1, 0.15) is 11.6 Å². The minimum atomic E-state index is -0.851. The number of carbonyl (C=O) groups is 1. The second kappa shape index (κ2) is 3.08. The molecule has 0 saturated heterocycles. The predicted octanol–water partition coefficient (Wildman–Crippen LogP) is 1.02. The molecule has 0 fully saturated rings. The number of aromatic hydroxyl groups is 1. The maximum Gasteiger partial charge on any atom is 0.316 e. The summed E-state index contributed by atoms with van der Waals surface area (Å²) in [6, 6.07) is 2.32. The molecule has 0 heterocycles. The molecule has 0 bridgehead atoms. The van der Waals surface area contributed by atoms with E-state index in [9.17, 15) is 9.18 Å². The van der Waals surface area contributed by atoms with E-state index >= 15 is 0 Å². The molecule has 0 aliphatic carbocycles. The zero-order chi connectivity index (χ0) is 9.14. The first-order valence-corrected chi connectivity index (χ1v) is 3.14. The van der Waals surface area contributed by atoms with Gasteiger partial charge in [0.25, 0.3) is 0 Å². The maximum absolute atomic E-state index is 12.5. The van der Waals surface area contributed by atoms with Crippen LogP contribution < -0.4 is 11.1 Å². The van der Waals surface area contributed by atoms with Gasteiger partial charge in [-0.15, -0.1) is 0 Å². The number of nitrogens with two attached hydrogens (primary N) is 1. The Morgan fingerprint density at radius 3 is 2.83 bits per heavy atom. The quantitative estimate of drug-likeness (QED) is 0.550. The molecule has 1 aromatic rings. The average Bonchev–Trinajstić information content (AvgIpc) is 1.96. The Morgan fingerprint density at radius 1 is 1.58 bits per heavy atom. The van der Waals surface area contributed by atoms with E-state index in [1.165, 1.54) is 0 Å². The van der Waals surface area contributed by atoms with Crippen LogP contribution in [0.3, 0.4) is 0 Å². The second-order valence-corrected chi connectivity index (χ2v) is 2.15. The molecule has 4 N–H and O–H groups in total. The number of anilines is 1. The average molecular weight is 170 g/mol. The van der Waals surface area contributed by atoms with E-state index in [1.54, 1.807) is 0 Å². The monoisotopic (exact) mass is 170 g/mol. The van der Waals surface area contributed by atoms with E-state index in [2.05, 4.69) is 5.32 Å². The summed E-state index contributed by atoms with van der Waals surface area (Å²) in [5.74, 6) is -0.785. The second-order valence-electron chi connectivity index (χ2n) is 2.15. The first-order valence-electron chi connectivity index (χ1n) is 3.14. The van der Waals surface area contributed by atoms with E-state index < -0.39 is 11.8 Å². The number of urea groups is 1. The van der Waals surface area contributed by atoms with Crippen molar-refractivity contribution in [2.24, 2.45) is 5.73 Å². The molecule has 12 heavy (non-hydrogen) atoms. The number of halogens is 1. The molecule has 2 amide bonds. The van der Waals surface area contributed by atoms with E-state index in [0.717, 1.165) is 18.2 Å². The number of benzene rings is 1. The van der Waals surface area contributed by atoms with Gasteiger partial charge in [0, 0.05) is 6.07 Å². The lowest BCUT2D eigenvalue weighted by atomic mass is 10.3. The fraction of sp³-hybridized carbons (Fsp3) is 0. The van der Waals surface area contributed by atoms with Gasteiger partial charge in [0.15, 0.2) is 0 Å². The fourth-order valence-electron chi connectivity index (χ4n) is 0.741. The number of hydrogen-bond donors (Lipinski definition) is 3. The number of hydrogen-bond acceptors (Lipinski definition) is 2. The minimum Gasteiger partial charge on any atom is -0.506 e. The fourth-order valence-corrected chi connectivity index (χ4v) is 0.741. The molecule has 0 aliphatic heterocycles. The molecule has 1 rings (SSSR count). The first-order chi connectivity index (χ1) is 5.59. The van der Waals surface area contributed by atoms with E-state index in [0.29, 0.717) is 0 Å². The number of phenols is 1. The van der Waals surface area contributed by atoms with Crippen molar-refractivity contribution in [2.45, 2.75) is 0 Å². The number of carbonyl (C=O) groups excluding carboxylic acids is 1. The standard InChI is InChI=1S/C7H7FN2O2/c8-4-1-2-6(11)5(3-4)10-7(9)12/h1-3,11H,(H3,9,10,12). The van der Waals surface area contributed by atoms with Crippen LogP contribution in [0, 0.1) is 5.82 Å². The van der Waals surface area contributed by atoms with Gasteiger partial charge in [-0.05, 0) is 12.1 Å². The molecular weight excluding hydrogens is 163 g/mol. The highest BCUT2D eigenvalue weighted by molar-refractivity contribution is 5.89.